The van der Waals surface area contributed by atoms with Crippen LogP contribution < -0.4 is 5.32 Å². The standard InChI is InChI=1S/C12H24N2O2/c1-10(2)4-7-14-8-5-11(6-9-14)16-12(15)13-3/h10-11H,4-9H2,1-3H3,(H,13,15). The van der Waals surface area contributed by atoms with Crippen LogP contribution in [0.3, 0.4) is 0 Å². The molecule has 1 heterocycles. The third-order valence-electron chi connectivity index (χ3n) is 3.04. The van der Waals surface area contributed by atoms with Gasteiger partial charge in [-0.3, -0.25) is 0 Å². The highest BCUT2D eigenvalue weighted by Crippen LogP contribution is 2.15. The van der Waals surface area contributed by atoms with E-state index in [0.717, 1.165) is 31.8 Å². The van der Waals surface area contributed by atoms with Crippen molar-refractivity contribution in [3.05, 3.63) is 0 Å². The van der Waals surface area contributed by atoms with Crippen LogP contribution in [0, 0.1) is 5.92 Å². The van der Waals surface area contributed by atoms with Gasteiger partial charge in [-0.15, -0.1) is 0 Å². The van der Waals surface area contributed by atoms with Gasteiger partial charge in [0.25, 0.3) is 0 Å². The molecule has 1 N–H and O–H groups in total. The summed E-state index contributed by atoms with van der Waals surface area (Å²) in [5.74, 6) is 0.764. The second-order valence-corrected chi connectivity index (χ2v) is 4.88. The minimum Gasteiger partial charge on any atom is -0.446 e. The predicted molar refractivity (Wildman–Crippen MR) is 64.5 cm³/mol. The Labute approximate surface area is 98.3 Å². The molecule has 0 bridgehead atoms. The van der Waals surface area contributed by atoms with E-state index in [1.54, 1.807) is 7.05 Å². The molecule has 0 atom stereocenters. The number of ether oxygens (including phenoxy) is 1. The molecule has 0 unspecified atom stereocenters. The molecule has 1 aliphatic rings. The van der Waals surface area contributed by atoms with Gasteiger partial charge in [0, 0.05) is 20.1 Å². The van der Waals surface area contributed by atoms with Gasteiger partial charge in [-0.25, -0.2) is 4.79 Å². The number of likely N-dealkylation sites (tertiary alicyclic amines) is 1. The number of carbonyl (C=O) groups excluding carboxylic acids is 1. The maximum atomic E-state index is 11.0. The van der Waals surface area contributed by atoms with E-state index in [9.17, 15) is 4.79 Å². The van der Waals surface area contributed by atoms with E-state index in [2.05, 4.69) is 24.1 Å². The Balaban J connectivity index is 2.16. The molecule has 0 aromatic carbocycles. The number of piperidine rings is 1. The quantitative estimate of drug-likeness (QED) is 0.798. The molecule has 1 fully saturated rings. The van der Waals surface area contributed by atoms with Gasteiger partial charge in [0.05, 0.1) is 0 Å². The molecule has 94 valence electrons. The number of nitrogens with one attached hydrogen (secondary N) is 1. The van der Waals surface area contributed by atoms with Crippen LogP contribution in [0.15, 0.2) is 0 Å². The lowest BCUT2D eigenvalue weighted by Crippen LogP contribution is -2.39. The smallest absolute Gasteiger partial charge is 0.407 e. The summed E-state index contributed by atoms with van der Waals surface area (Å²) in [6.07, 6.45) is 2.98. The first-order valence-electron chi connectivity index (χ1n) is 6.22. The zero-order valence-corrected chi connectivity index (χ0v) is 10.7. The number of hydrogen-bond acceptors (Lipinski definition) is 3. The third-order valence-corrected chi connectivity index (χ3v) is 3.04. The van der Waals surface area contributed by atoms with Gasteiger partial charge in [-0.05, 0) is 31.7 Å². The van der Waals surface area contributed by atoms with Crippen molar-refractivity contribution in [1.82, 2.24) is 10.2 Å². The van der Waals surface area contributed by atoms with Gasteiger partial charge in [-0.2, -0.15) is 0 Å². The predicted octanol–water partition coefficient (Wildman–Crippen LogP) is 1.85. The Kier molecular flexibility index (Phi) is 5.60. The van der Waals surface area contributed by atoms with Crippen LogP contribution >= 0.6 is 0 Å². The van der Waals surface area contributed by atoms with Gasteiger partial charge < -0.3 is 15.0 Å². The molecule has 0 aliphatic carbocycles. The number of hydrogen-bond donors (Lipinski definition) is 1. The maximum absolute atomic E-state index is 11.0. The Hall–Kier alpha value is -0.770. The van der Waals surface area contributed by atoms with Gasteiger partial charge in [0.2, 0.25) is 0 Å². The highest BCUT2D eigenvalue weighted by Gasteiger charge is 2.21. The Morgan fingerprint density at radius 1 is 1.44 bits per heavy atom. The third kappa shape index (κ3) is 4.84. The highest BCUT2D eigenvalue weighted by molar-refractivity contribution is 5.66. The fourth-order valence-corrected chi connectivity index (χ4v) is 1.90. The molecule has 1 saturated heterocycles. The Morgan fingerprint density at radius 2 is 2.06 bits per heavy atom. The van der Waals surface area contributed by atoms with Crippen LogP contribution in [0.1, 0.15) is 33.1 Å². The minimum absolute atomic E-state index is 0.107. The van der Waals surface area contributed by atoms with Crippen LogP contribution in [-0.2, 0) is 4.74 Å². The Bertz CT molecular complexity index is 211. The summed E-state index contributed by atoms with van der Waals surface area (Å²) in [5, 5.41) is 2.49. The average molecular weight is 228 g/mol. The SMILES string of the molecule is CNC(=O)OC1CCN(CCC(C)C)CC1. The molecule has 16 heavy (non-hydrogen) atoms. The summed E-state index contributed by atoms with van der Waals surface area (Å²) in [5.41, 5.74) is 0. The summed E-state index contributed by atoms with van der Waals surface area (Å²) >= 11 is 0. The van der Waals surface area contributed by atoms with Crippen molar-refractivity contribution < 1.29 is 9.53 Å². The minimum atomic E-state index is -0.305. The molecule has 0 aromatic heterocycles. The molecule has 0 spiro atoms. The van der Waals surface area contributed by atoms with Crippen molar-refractivity contribution in [1.29, 1.82) is 0 Å². The summed E-state index contributed by atoms with van der Waals surface area (Å²) in [6, 6.07) is 0. The molecule has 4 heteroatoms. The summed E-state index contributed by atoms with van der Waals surface area (Å²) < 4.78 is 5.24. The molecule has 0 aromatic rings. The zero-order valence-electron chi connectivity index (χ0n) is 10.7. The van der Waals surface area contributed by atoms with E-state index in [0.29, 0.717) is 0 Å². The summed E-state index contributed by atoms with van der Waals surface area (Å²) in [6.45, 7) is 7.77. The monoisotopic (exact) mass is 228 g/mol. The van der Waals surface area contributed by atoms with Crippen molar-refractivity contribution in [3.8, 4) is 0 Å². The second kappa shape index (κ2) is 6.74. The van der Waals surface area contributed by atoms with Gasteiger partial charge >= 0.3 is 6.09 Å². The van der Waals surface area contributed by atoms with Crippen LogP contribution in [0.2, 0.25) is 0 Å². The van der Waals surface area contributed by atoms with Gasteiger partial charge in [0.1, 0.15) is 6.10 Å². The van der Waals surface area contributed by atoms with Crippen molar-refractivity contribution in [2.45, 2.75) is 39.2 Å². The largest absolute Gasteiger partial charge is 0.446 e. The lowest BCUT2D eigenvalue weighted by atomic mass is 10.1. The Morgan fingerprint density at radius 3 is 2.56 bits per heavy atom. The summed E-state index contributed by atoms with van der Waals surface area (Å²) in [7, 11) is 1.60. The van der Waals surface area contributed by atoms with E-state index in [4.69, 9.17) is 4.74 Å². The van der Waals surface area contributed by atoms with E-state index in [1.807, 2.05) is 0 Å². The van der Waals surface area contributed by atoms with E-state index in [-0.39, 0.29) is 12.2 Å². The maximum Gasteiger partial charge on any atom is 0.407 e. The van der Waals surface area contributed by atoms with Crippen LogP contribution in [-0.4, -0.2) is 43.8 Å². The second-order valence-electron chi connectivity index (χ2n) is 4.88. The molecule has 1 aliphatic heterocycles. The summed E-state index contributed by atoms with van der Waals surface area (Å²) in [4.78, 5) is 13.5. The zero-order chi connectivity index (χ0) is 12.0. The molecule has 1 amide bonds. The molecule has 0 radical (unpaired) electrons. The van der Waals surface area contributed by atoms with Crippen molar-refractivity contribution in [2.24, 2.45) is 5.92 Å². The van der Waals surface area contributed by atoms with E-state index in [1.165, 1.54) is 13.0 Å². The topological polar surface area (TPSA) is 41.6 Å². The number of carbonyl (C=O) groups is 1. The van der Waals surface area contributed by atoms with Crippen molar-refractivity contribution in [2.75, 3.05) is 26.7 Å². The molecule has 0 saturated carbocycles. The van der Waals surface area contributed by atoms with Gasteiger partial charge in [-0.1, -0.05) is 13.8 Å². The normalized spacial score (nSPS) is 18.8. The number of rotatable bonds is 4. The number of alkyl carbamates (subject to hydrolysis) is 1. The lowest BCUT2D eigenvalue weighted by molar-refractivity contribution is 0.0508. The molecule has 1 rings (SSSR count). The number of amides is 1. The lowest BCUT2D eigenvalue weighted by Gasteiger charge is -2.31. The van der Waals surface area contributed by atoms with Gasteiger partial charge in [0.15, 0.2) is 0 Å². The first-order valence-corrected chi connectivity index (χ1v) is 6.22. The molecule has 4 nitrogen and oxygen atoms in total. The average Bonchev–Trinajstić information content (AvgIpc) is 2.28. The molecular weight excluding hydrogens is 204 g/mol. The van der Waals surface area contributed by atoms with Crippen molar-refractivity contribution >= 4 is 6.09 Å². The number of nitrogens with zero attached hydrogens (tertiary/aromatic N) is 1. The highest BCUT2D eigenvalue weighted by atomic mass is 16.6. The fourth-order valence-electron chi connectivity index (χ4n) is 1.90. The first-order chi connectivity index (χ1) is 7.61. The van der Waals surface area contributed by atoms with E-state index < -0.39 is 0 Å². The van der Waals surface area contributed by atoms with Crippen LogP contribution in [0.4, 0.5) is 4.79 Å². The first kappa shape index (κ1) is 13.3. The van der Waals surface area contributed by atoms with Crippen molar-refractivity contribution in [3.63, 3.8) is 0 Å². The molecular formula is C12H24N2O2. The van der Waals surface area contributed by atoms with E-state index >= 15 is 0 Å². The fraction of sp³-hybridized carbons (Fsp3) is 0.917. The van der Waals surface area contributed by atoms with Crippen LogP contribution in [0.5, 0.6) is 0 Å². The van der Waals surface area contributed by atoms with Crippen LogP contribution in [0.25, 0.3) is 0 Å².